The molecule has 0 aromatic heterocycles. The summed E-state index contributed by atoms with van der Waals surface area (Å²) >= 11 is 0. The van der Waals surface area contributed by atoms with Crippen LogP contribution in [-0.4, -0.2) is 36.5 Å². The summed E-state index contributed by atoms with van der Waals surface area (Å²) in [4.78, 5) is 23.4. The van der Waals surface area contributed by atoms with Crippen molar-refractivity contribution in [3.63, 3.8) is 0 Å². The maximum absolute atomic E-state index is 11.1. The Hall–Kier alpha value is -1.10. The Morgan fingerprint density at radius 1 is 1.50 bits per heavy atom. The quantitative estimate of drug-likeness (QED) is 0.588. The summed E-state index contributed by atoms with van der Waals surface area (Å²) in [6.07, 6.45) is 1.18. The van der Waals surface area contributed by atoms with Crippen molar-refractivity contribution in [1.82, 2.24) is 10.2 Å². The van der Waals surface area contributed by atoms with Crippen molar-refractivity contribution in [2.75, 3.05) is 19.6 Å². The molecule has 3 amide bonds. The second kappa shape index (κ2) is 4.06. The predicted molar refractivity (Wildman–Crippen MR) is 43.4 cm³/mol. The molecule has 68 valence electrons. The third-order valence-electron chi connectivity index (χ3n) is 1.77. The highest BCUT2D eigenvalue weighted by atomic mass is 16.2. The zero-order chi connectivity index (χ0) is 8.97. The molecule has 0 saturated carbocycles. The smallest absolute Gasteiger partial charge is 0.324 e. The molecule has 0 bridgehead atoms. The van der Waals surface area contributed by atoms with Gasteiger partial charge in [-0.1, -0.05) is 0 Å². The van der Waals surface area contributed by atoms with Crippen LogP contribution in [0.1, 0.15) is 12.8 Å². The van der Waals surface area contributed by atoms with Crippen molar-refractivity contribution < 1.29 is 9.59 Å². The summed E-state index contributed by atoms with van der Waals surface area (Å²) in [6.45, 7) is 1.72. The number of nitrogens with one attached hydrogen (secondary N) is 1. The van der Waals surface area contributed by atoms with E-state index in [2.05, 4.69) is 5.32 Å². The topological polar surface area (TPSA) is 75.4 Å². The first-order valence-electron chi connectivity index (χ1n) is 4.03. The highest BCUT2D eigenvalue weighted by Gasteiger charge is 2.21. The molecular weight excluding hydrogens is 158 g/mol. The first-order valence-corrected chi connectivity index (χ1v) is 4.03. The van der Waals surface area contributed by atoms with Crippen molar-refractivity contribution in [2.45, 2.75) is 12.8 Å². The molecule has 1 rings (SSSR count). The molecule has 5 heteroatoms. The number of imide groups is 1. The van der Waals surface area contributed by atoms with Gasteiger partial charge in [-0.3, -0.25) is 10.1 Å². The average molecular weight is 171 g/mol. The van der Waals surface area contributed by atoms with Gasteiger partial charge in [0.05, 0.1) is 0 Å². The summed E-state index contributed by atoms with van der Waals surface area (Å²) in [5.41, 5.74) is 5.29. The molecule has 0 unspecified atom stereocenters. The Morgan fingerprint density at radius 3 is 2.83 bits per heavy atom. The highest BCUT2D eigenvalue weighted by Crippen LogP contribution is 2.00. The van der Waals surface area contributed by atoms with Crippen LogP contribution in [0.2, 0.25) is 0 Å². The van der Waals surface area contributed by atoms with Gasteiger partial charge in [0.2, 0.25) is 5.91 Å². The van der Waals surface area contributed by atoms with Crippen LogP contribution in [0.3, 0.4) is 0 Å². The third-order valence-corrected chi connectivity index (χ3v) is 1.77. The molecule has 0 aromatic rings. The van der Waals surface area contributed by atoms with Gasteiger partial charge in [-0.15, -0.1) is 0 Å². The van der Waals surface area contributed by atoms with Crippen LogP contribution in [0.4, 0.5) is 4.79 Å². The summed E-state index contributed by atoms with van der Waals surface area (Å²) in [6, 6.07) is -0.292. The Bertz CT molecular complexity index is 193. The number of carbonyl (C=O) groups excluding carboxylic acids is 2. The lowest BCUT2D eigenvalue weighted by Gasteiger charge is -2.26. The summed E-state index contributed by atoms with van der Waals surface area (Å²) < 4.78 is 0. The zero-order valence-corrected chi connectivity index (χ0v) is 6.88. The van der Waals surface area contributed by atoms with Crippen molar-refractivity contribution in [3.05, 3.63) is 0 Å². The van der Waals surface area contributed by atoms with E-state index in [1.165, 1.54) is 0 Å². The van der Waals surface area contributed by atoms with Crippen molar-refractivity contribution in [1.29, 1.82) is 0 Å². The minimum atomic E-state index is -0.292. The molecule has 0 spiro atoms. The fourth-order valence-corrected chi connectivity index (χ4v) is 1.09. The SMILES string of the molecule is NCCCN1CCC(=O)NC1=O. The van der Waals surface area contributed by atoms with Crippen LogP contribution in [-0.2, 0) is 4.79 Å². The monoisotopic (exact) mass is 171 g/mol. The van der Waals surface area contributed by atoms with Gasteiger partial charge in [0.15, 0.2) is 0 Å². The van der Waals surface area contributed by atoms with Crippen LogP contribution >= 0.6 is 0 Å². The Balaban J connectivity index is 2.35. The molecule has 1 aliphatic heterocycles. The van der Waals surface area contributed by atoms with E-state index in [1.54, 1.807) is 4.90 Å². The number of hydrogen-bond donors (Lipinski definition) is 2. The third kappa shape index (κ3) is 2.20. The fourth-order valence-electron chi connectivity index (χ4n) is 1.09. The number of nitrogens with two attached hydrogens (primary N) is 1. The van der Waals surface area contributed by atoms with Crippen LogP contribution in [0.15, 0.2) is 0 Å². The Kier molecular flexibility index (Phi) is 3.04. The van der Waals surface area contributed by atoms with Crippen molar-refractivity contribution >= 4 is 11.9 Å². The molecule has 0 aliphatic carbocycles. The Labute approximate surface area is 70.9 Å². The standard InChI is InChI=1S/C7H13N3O2/c8-3-1-4-10-5-2-6(11)9-7(10)12/h1-5,8H2,(H,9,11,12). The van der Waals surface area contributed by atoms with Gasteiger partial charge >= 0.3 is 6.03 Å². The van der Waals surface area contributed by atoms with E-state index in [0.29, 0.717) is 26.1 Å². The molecule has 5 nitrogen and oxygen atoms in total. The number of amides is 3. The van der Waals surface area contributed by atoms with Crippen LogP contribution < -0.4 is 11.1 Å². The van der Waals surface area contributed by atoms with Gasteiger partial charge < -0.3 is 10.6 Å². The number of carbonyl (C=O) groups is 2. The Morgan fingerprint density at radius 2 is 2.25 bits per heavy atom. The van der Waals surface area contributed by atoms with E-state index in [9.17, 15) is 9.59 Å². The van der Waals surface area contributed by atoms with E-state index in [0.717, 1.165) is 6.42 Å². The lowest BCUT2D eigenvalue weighted by atomic mass is 10.3. The minimum absolute atomic E-state index is 0.191. The van der Waals surface area contributed by atoms with E-state index in [-0.39, 0.29) is 11.9 Å². The first-order chi connectivity index (χ1) is 5.74. The van der Waals surface area contributed by atoms with Gasteiger partial charge in [-0.25, -0.2) is 4.79 Å². The maximum atomic E-state index is 11.1. The summed E-state index contributed by atoms with van der Waals surface area (Å²) in [7, 11) is 0. The largest absolute Gasteiger partial charge is 0.330 e. The van der Waals surface area contributed by atoms with Gasteiger partial charge in [0.25, 0.3) is 0 Å². The molecule has 1 saturated heterocycles. The average Bonchev–Trinajstić information content (AvgIpc) is 2.03. The van der Waals surface area contributed by atoms with Crippen LogP contribution in [0.5, 0.6) is 0 Å². The van der Waals surface area contributed by atoms with Gasteiger partial charge in [0, 0.05) is 19.5 Å². The minimum Gasteiger partial charge on any atom is -0.330 e. The lowest BCUT2D eigenvalue weighted by Crippen LogP contribution is -2.49. The number of urea groups is 1. The molecule has 12 heavy (non-hydrogen) atoms. The van der Waals surface area contributed by atoms with E-state index in [4.69, 9.17) is 5.73 Å². The number of nitrogens with zero attached hydrogens (tertiary/aromatic N) is 1. The second-order valence-electron chi connectivity index (χ2n) is 2.73. The van der Waals surface area contributed by atoms with E-state index < -0.39 is 0 Å². The zero-order valence-electron chi connectivity index (χ0n) is 6.88. The van der Waals surface area contributed by atoms with E-state index in [1.807, 2.05) is 0 Å². The van der Waals surface area contributed by atoms with Crippen molar-refractivity contribution in [3.8, 4) is 0 Å². The fraction of sp³-hybridized carbons (Fsp3) is 0.714. The van der Waals surface area contributed by atoms with Crippen molar-refractivity contribution in [2.24, 2.45) is 5.73 Å². The molecule has 1 heterocycles. The second-order valence-corrected chi connectivity index (χ2v) is 2.73. The van der Waals surface area contributed by atoms with Gasteiger partial charge in [0.1, 0.15) is 0 Å². The first kappa shape index (κ1) is 8.99. The summed E-state index contributed by atoms with van der Waals surface area (Å²) in [5.74, 6) is -0.191. The van der Waals surface area contributed by atoms with E-state index >= 15 is 0 Å². The van der Waals surface area contributed by atoms with Crippen LogP contribution in [0, 0.1) is 0 Å². The number of rotatable bonds is 3. The molecule has 1 aliphatic rings. The highest BCUT2D eigenvalue weighted by molar-refractivity contribution is 5.96. The maximum Gasteiger partial charge on any atom is 0.324 e. The molecule has 0 radical (unpaired) electrons. The molecular formula is C7H13N3O2. The summed E-state index contributed by atoms with van der Waals surface area (Å²) in [5, 5.41) is 2.25. The lowest BCUT2D eigenvalue weighted by molar-refractivity contribution is -0.121. The molecule has 0 atom stereocenters. The normalized spacial score (nSPS) is 17.9. The van der Waals surface area contributed by atoms with Gasteiger partial charge in [-0.2, -0.15) is 0 Å². The van der Waals surface area contributed by atoms with Gasteiger partial charge in [-0.05, 0) is 13.0 Å². The molecule has 1 fully saturated rings. The molecule has 3 N–H and O–H groups in total. The van der Waals surface area contributed by atoms with Crippen LogP contribution in [0.25, 0.3) is 0 Å². The number of hydrogen-bond acceptors (Lipinski definition) is 3. The predicted octanol–water partition coefficient (Wildman–Crippen LogP) is -0.723. The molecule has 0 aromatic carbocycles.